The maximum absolute atomic E-state index is 12.0. The van der Waals surface area contributed by atoms with Crippen molar-refractivity contribution in [3.8, 4) is 0 Å². The molecule has 5 heteroatoms. The number of nitrogens with zero attached hydrogens (tertiary/aromatic N) is 1. The van der Waals surface area contributed by atoms with Gasteiger partial charge in [-0.25, -0.2) is 4.98 Å². The van der Waals surface area contributed by atoms with Crippen LogP contribution in [0.15, 0.2) is 48.7 Å². The standard InChI is InChI=1S/C17H21N3O2/c1-22-11-5-10-18-16-9-8-15(13-19-16)17(21)20-12-14-6-3-2-4-7-14/h2-4,6-9,13H,5,10-12H2,1H3,(H,18,19)(H,20,21). The zero-order valence-electron chi connectivity index (χ0n) is 12.7. The van der Waals surface area contributed by atoms with Gasteiger partial charge in [0, 0.05) is 33.0 Å². The number of hydrogen-bond donors (Lipinski definition) is 2. The van der Waals surface area contributed by atoms with Gasteiger partial charge >= 0.3 is 0 Å². The number of hydrogen-bond acceptors (Lipinski definition) is 4. The molecule has 0 saturated heterocycles. The normalized spacial score (nSPS) is 10.2. The summed E-state index contributed by atoms with van der Waals surface area (Å²) in [5.41, 5.74) is 1.62. The molecule has 0 unspecified atom stereocenters. The Morgan fingerprint density at radius 1 is 1.18 bits per heavy atom. The molecule has 2 aromatic rings. The van der Waals surface area contributed by atoms with E-state index in [-0.39, 0.29) is 5.91 Å². The smallest absolute Gasteiger partial charge is 0.253 e. The van der Waals surface area contributed by atoms with Crippen molar-refractivity contribution in [2.24, 2.45) is 0 Å². The van der Waals surface area contributed by atoms with Gasteiger partial charge in [-0.05, 0) is 24.1 Å². The average Bonchev–Trinajstić information content (AvgIpc) is 2.58. The predicted molar refractivity (Wildman–Crippen MR) is 86.8 cm³/mol. The first-order chi connectivity index (χ1) is 10.8. The van der Waals surface area contributed by atoms with Gasteiger partial charge in [0.15, 0.2) is 0 Å². The van der Waals surface area contributed by atoms with E-state index >= 15 is 0 Å². The predicted octanol–water partition coefficient (Wildman–Crippen LogP) is 2.46. The molecule has 0 bridgehead atoms. The number of pyridine rings is 1. The number of anilines is 1. The fraction of sp³-hybridized carbons (Fsp3) is 0.294. The highest BCUT2D eigenvalue weighted by Gasteiger charge is 2.05. The van der Waals surface area contributed by atoms with E-state index in [0.717, 1.165) is 24.3 Å². The van der Waals surface area contributed by atoms with Crippen LogP contribution in [0, 0.1) is 0 Å². The summed E-state index contributed by atoms with van der Waals surface area (Å²) >= 11 is 0. The zero-order valence-corrected chi connectivity index (χ0v) is 12.7. The number of carbonyl (C=O) groups excluding carboxylic acids is 1. The second kappa shape index (κ2) is 8.79. The van der Waals surface area contributed by atoms with E-state index in [4.69, 9.17) is 4.74 Å². The van der Waals surface area contributed by atoms with Crippen LogP contribution < -0.4 is 10.6 Å². The van der Waals surface area contributed by atoms with Crippen LogP contribution in [-0.2, 0) is 11.3 Å². The Labute approximate surface area is 130 Å². The monoisotopic (exact) mass is 299 g/mol. The quantitative estimate of drug-likeness (QED) is 0.735. The molecule has 0 aliphatic carbocycles. The van der Waals surface area contributed by atoms with E-state index in [9.17, 15) is 4.79 Å². The maximum Gasteiger partial charge on any atom is 0.253 e. The molecule has 1 aromatic heterocycles. The van der Waals surface area contributed by atoms with Gasteiger partial charge in [-0.3, -0.25) is 4.79 Å². The molecule has 1 aromatic carbocycles. The molecule has 116 valence electrons. The first kappa shape index (κ1) is 16.0. The summed E-state index contributed by atoms with van der Waals surface area (Å²) < 4.78 is 4.98. The fourth-order valence-electron chi connectivity index (χ4n) is 1.95. The highest BCUT2D eigenvalue weighted by Crippen LogP contribution is 2.06. The van der Waals surface area contributed by atoms with Gasteiger partial charge in [0.1, 0.15) is 5.82 Å². The molecule has 0 atom stereocenters. The molecule has 0 spiro atoms. The van der Waals surface area contributed by atoms with Crippen LogP contribution in [0.25, 0.3) is 0 Å². The zero-order chi connectivity index (χ0) is 15.6. The van der Waals surface area contributed by atoms with Crippen molar-refractivity contribution in [2.75, 3.05) is 25.6 Å². The van der Waals surface area contributed by atoms with Crippen molar-refractivity contribution in [3.05, 3.63) is 59.8 Å². The van der Waals surface area contributed by atoms with Crippen molar-refractivity contribution in [1.29, 1.82) is 0 Å². The van der Waals surface area contributed by atoms with E-state index in [1.807, 2.05) is 36.4 Å². The molecule has 1 heterocycles. The summed E-state index contributed by atoms with van der Waals surface area (Å²) in [6.07, 6.45) is 2.50. The Hall–Kier alpha value is -2.40. The van der Waals surface area contributed by atoms with Gasteiger partial charge < -0.3 is 15.4 Å². The number of amides is 1. The van der Waals surface area contributed by atoms with E-state index in [1.54, 1.807) is 19.4 Å². The maximum atomic E-state index is 12.0. The minimum Gasteiger partial charge on any atom is -0.385 e. The highest BCUT2D eigenvalue weighted by molar-refractivity contribution is 5.93. The third-order valence-corrected chi connectivity index (χ3v) is 3.15. The molecule has 2 N–H and O–H groups in total. The number of nitrogens with one attached hydrogen (secondary N) is 2. The summed E-state index contributed by atoms with van der Waals surface area (Å²) in [5.74, 6) is 0.637. The first-order valence-corrected chi connectivity index (χ1v) is 7.30. The highest BCUT2D eigenvalue weighted by atomic mass is 16.5. The van der Waals surface area contributed by atoms with Crippen molar-refractivity contribution in [2.45, 2.75) is 13.0 Å². The van der Waals surface area contributed by atoms with Crippen LogP contribution in [-0.4, -0.2) is 31.2 Å². The van der Waals surface area contributed by atoms with Gasteiger partial charge in [-0.15, -0.1) is 0 Å². The molecule has 22 heavy (non-hydrogen) atoms. The van der Waals surface area contributed by atoms with Gasteiger partial charge in [0.2, 0.25) is 0 Å². The molecule has 0 radical (unpaired) electrons. The van der Waals surface area contributed by atoms with E-state index in [1.165, 1.54) is 0 Å². The third-order valence-electron chi connectivity index (χ3n) is 3.15. The number of carbonyl (C=O) groups is 1. The molecule has 0 aliphatic rings. The second-order valence-corrected chi connectivity index (χ2v) is 4.87. The molecular formula is C17H21N3O2. The largest absolute Gasteiger partial charge is 0.385 e. The summed E-state index contributed by atoms with van der Waals surface area (Å²) in [6, 6.07) is 13.4. The van der Waals surface area contributed by atoms with Gasteiger partial charge in [-0.1, -0.05) is 30.3 Å². The van der Waals surface area contributed by atoms with Gasteiger partial charge in [0.05, 0.1) is 5.56 Å². The Kier molecular flexibility index (Phi) is 6.39. The van der Waals surface area contributed by atoms with Gasteiger partial charge in [0.25, 0.3) is 5.91 Å². The lowest BCUT2D eigenvalue weighted by Crippen LogP contribution is -2.22. The Bertz CT molecular complexity index is 570. The summed E-state index contributed by atoms with van der Waals surface area (Å²) in [7, 11) is 1.68. The number of ether oxygens (including phenoxy) is 1. The topological polar surface area (TPSA) is 63.2 Å². The molecule has 2 rings (SSSR count). The number of methoxy groups -OCH3 is 1. The average molecular weight is 299 g/mol. The summed E-state index contributed by atoms with van der Waals surface area (Å²) in [5, 5.41) is 6.06. The van der Waals surface area contributed by atoms with Crippen LogP contribution in [0.3, 0.4) is 0 Å². The van der Waals surface area contributed by atoms with Gasteiger partial charge in [-0.2, -0.15) is 0 Å². The van der Waals surface area contributed by atoms with Crippen molar-refractivity contribution in [3.63, 3.8) is 0 Å². The number of rotatable bonds is 8. The van der Waals surface area contributed by atoms with E-state index < -0.39 is 0 Å². The Morgan fingerprint density at radius 3 is 2.68 bits per heavy atom. The van der Waals surface area contributed by atoms with Crippen LogP contribution in [0.2, 0.25) is 0 Å². The molecule has 5 nitrogen and oxygen atoms in total. The van der Waals surface area contributed by atoms with E-state index in [0.29, 0.717) is 18.7 Å². The number of benzene rings is 1. The molecule has 0 aliphatic heterocycles. The first-order valence-electron chi connectivity index (χ1n) is 7.30. The van der Waals surface area contributed by atoms with Crippen LogP contribution in [0.5, 0.6) is 0 Å². The number of aromatic nitrogens is 1. The van der Waals surface area contributed by atoms with Crippen molar-refractivity contribution < 1.29 is 9.53 Å². The fourth-order valence-corrected chi connectivity index (χ4v) is 1.95. The van der Waals surface area contributed by atoms with Crippen molar-refractivity contribution in [1.82, 2.24) is 10.3 Å². The summed E-state index contributed by atoms with van der Waals surface area (Å²) in [4.78, 5) is 16.3. The lowest BCUT2D eigenvalue weighted by Gasteiger charge is -2.07. The lowest BCUT2D eigenvalue weighted by molar-refractivity contribution is 0.0950. The third kappa shape index (κ3) is 5.18. The molecule has 1 amide bonds. The SMILES string of the molecule is COCCCNc1ccc(C(=O)NCc2ccccc2)cn1. The Morgan fingerprint density at radius 2 is 2.00 bits per heavy atom. The van der Waals surface area contributed by atoms with Crippen molar-refractivity contribution >= 4 is 11.7 Å². The van der Waals surface area contributed by atoms with E-state index in [2.05, 4.69) is 15.6 Å². The lowest BCUT2D eigenvalue weighted by atomic mass is 10.2. The van der Waals surface area contributed by atoms with Crippen LogP contribution in [0.1, 0.15) is 22.3 Å². The molecule has 0 saturated carbocycles. The molecular weight excluding hydrogens is 278 g/mol. The van der Waals surface area contributed by atoms with Crippen LogP contribution >= 0.6 is 0 Å². The second-order valence-electron chi connectivity index (χ2n) is 4.87. The minimum atomic E-state index is -0.123. The summed E-state index contributed by atoms with van der Waals surface area (Å²) in [6.45, 7) is 2.02. The Balaban J connectivity index is 1.80. The molecule has 0 fully saturated rings. The van der Waals surface area contributed by atoms with Crippen LogP contribution in [0.4, 0.5) is 5.82 Å². The minimum absolute atomic E-state index is 0.123.